The van der Waals surface area contributed by atoms with Gasteiger partial charge in [0.05, 0.1) is 5.75 Å². The monoisotopic (exact) mass is 267 g/mol. The molecule has 1 aliphatic rings. The molecule has 1 aliphatic carbocycles. The number of halogens is 1. The molecule has 1 N–H and O–H groups in total. The number of sulfonamides is 1. The summed E-state index contributed by atoms with van der Waals surface area (Å²) in [5, 5.41) is 0. The Hall–Kier alpha value is 0.200. The van der Waals surface area contributed by atoms with Gasteiger partial charge in [-0.15, -0.1) is 11.6 Å². The van der Waals surface area contributed by atoms with Gasteiger partial charge in [0.15, 0.2) is 0 Å². The third kappa shape index (κ3) is 5.02. The van der Waals surface area contributed by atoms with E-state index in [2.05, 4.69) is 18.6 Å². The average molecular weight is 268 g/mol. The lowest BCUT2D eigenvalue weighted by Gasteiger charge is -2.17. The highest BCUT2D eigenvalue weighted by Gasteiger charge is 2.32. The molecule has 0 radical (unpaired) electrons. The van der Waals surface area contributed by atoms with E-state index in [-0.39, 0.29) is 17.2 Å². The second-order valence-corrected chi connectivity index (χ2v) is 7.69. The lowest BCUT2D eigenvalue weighted by molar-refractivity contribution is 0.372. The summed E-state index contributed by atoms with van der Waals surface area (Å²) in [4.78, 5) is 0. The lowest BCUT2D eigenvalue weighted by Crippen LogP contribution is -2.35. The summed E-state index contributed by atoms with van der Waals surface area (Å²) in [6.07, 6.45) is 4.42. The Kier molecular flexibility index (Phi) is 5.08. The second-order valence-electron chi connectivity index (χ2n) is 5.44. The number of unbranched alkanes of at least 4 members (excludes halogenated alkanes) is 1. The van der Waals surface area contributed by atoms with E-state index in [9.17, 15) is 8.42 Å². The fourth-order valence-electron chi connectivity index (χ4n) is 2.24. The smallest absolute Gasteiger partial charge is 0.211 e. The molecule has 3 nitrogen and oxygen atoms in total. The van der Waals surface area contributed by atoms with Crippen LogP contribution < -0.4 is 4.72 Å². The van der Waals surface area contributed by atoms with Crippen molar-refractivity contribution in [3.05, 3.63) is 0 Å². The number of rotatable bonds is 6. The molecule has 0 aromatic carbocycles. The van der Waals surface area contributed by atoms with Gasteiger partial charge in [-0.3, -0.25) is 0 Å². The third-order valence-corrected chi connectivity index (χ3v) is 4.90. The summed E-state index contributed by atoms with van der Waals surface area (Å²) in [5.74, 6) is 0.739. The van der Waals surface area contributed by atoms with Crippen LogP contribution in [0.15, 0.2) is 0 Å². The molecule has 1 fully saturated rings. The van der Waals surface area contributed by atoms with Gasteiger partial charge in [0.25, 0.3) is 0 Å². The molecule has 0 spiro atoms. The molecule has 0 aromatic heterocycles. The van der Waals surface area contributed by atoms with E-state index in [1.54, 1.807) is 0 Å². The number of hydrogen-bond acceptors (Lipinski definition) is 2. The van der Waals surface area contributed by atoms with Crippen LogP contribution in [0.2, 0.25) is 0 Å². The molecule has 1 saturated carbocycles. The lowest BCUT2D eigenvalue weighted by atomic mass is 9.92. The van der Waals surface area contributed by atoms with E-state index in [1.807, 2.05) is 0 Å². The van der Waals surface area contributed by atoms with E-state index < -0.39 is 10.0 Å². The zero-order chi connectivity index (χ0) is 12.2. The third-order valence-electron chi connectivity index (χ3n) is 3.11. The van der Waals surface area contributed by atoms with Crippen molar-refractivity contribution < 1.29 is 8.42 Å². The van der Waals surface area contributed by atoms with Crippen molar-refractivity contribution in [2.45, 2.75) is 52.0 Å². The first kappa shape index (κ1) is 14.3. The van der Waals surface area contributed by atoms with Gasteiger partial charge in [0.1, 0.15) is 0 Å². The van der Waals surface area contributed by atoms with Gasteiger partial charge in [0.2, 0.25) is 10.0 Å². The van der Waals surface area contributed by atoms with Gasteiger partial charge in [-0.05, 0) is 37.5 Å². The standard InChI is InChI=1S/C11H22ClNO2S/c1-11(2)6-5-10(9-11)13-16(14,15)8-4-3-7-12/h10,13H,3-9H2,1-2H3. The summed E-state index contributed by atoms with van der Waals surface area (Å²) in [7, 11) is -3.10. The quantitative estimate of drug-likeness (QED) is 0.594. The van der Waals surface area contributed by atoms with Gasteiger partial charge in [-0.1, -0.05) is 13.8 Å². The highest BCUT2D eigenvalue weighted by atomic mass is 35.5. The topological polar surface area (TPSA) is 46.2 Å². The highest BCUT2D eigenvalue weighted by Crippen LogP contribution is 2.37. The first-order valence-corrected chi connectivity index (χ1v) is 8.09. The first-order valence-electron chi connectivity index (χ1n) is 5.91. The van der Waals surface area contributed by atoms with Crippen molar-refractivity contribution in [2.24, 2.45) is 5.41 Å². The summed E-state index contributed by atoms with van der Waals surface area (Å²) in [6, 6.07) is 0.135. The Morgan fingerprint density at radius 1 is 1.38 bits per heavy atom. The molecule has 0 aromatic rings. The van der Waals surface area contributed by atoms with Crippen molar-refractivity contribution in [1.82, 2.24) is 4.72 Å². The number of alkyl halides is 1. The van der Waals surface area contributed by atoms with Crippen molar-refractivity contribution in [1.29, 1.82) is 0 Å². The molecule has 0 amide bonds. The molecule has 1 unspecified atom stereocenters. The van der Waals surface area contributed by atoms with E-state index >= 15 is 0 Å². The summed E-state index contributed by atoms with van der Waals surface area (Å²) < 4.78 is 26.2. The van der Waals surface area contributed by atoms with E-state index in [0.717, 1.165) is 25.7 Å². The maximum Gasteiger partial charge on any atom is 0.211 e. The number of nitrogens with one attached hydrogen (secondary N) is 1. The van der Waals surface area contributed by atoms with Crippen LogP contribution in [0, 0.1) is 5.41 Å². The molecule has 16 heavy (non-hydrogen) atoms. The molecular weight excluding hydrogens is 246 g/mol. The van der Waals surface area contributed by atoms with Gasteiger partial charge < -0.3 is 0 Å². The van der Waals surface area contributed by atoms with Crippen molar-refractivity contribution in [3.63, 3.8) is 0 Å². The fourth-order valence-corrected chi connectivity index (χ4v) is 3.84. The molecule has 0 heterocycles. The predicted octanol–water partition coefficient (Wildman–Crippen LogP) is 2.50. The van der Waals surface area contributed by atoms with Crippen molar-refractivity contribution in [3.8, 4) is 0 Å². The van der Waals surface area contributed by atoms with Gasteiger partial charge in [-0.2, -0.15) is 0 Å². The summed E-state index contributed by atoms with van der Waals surface area (Å²) in [5.41, 5.74) is 0.281. The Labute approximate surface area is 104 Å². The van der Waals surface area contributed by atoms with Crippen LogP contribution in [-0.4, -0.2) is 26.1 Å². The highest BCUT2D eigenvalue weighted by molar-refractivity contribution is 7.89. The van der Waals surface area contributed by atoms with Crippen LogP contribution in [0.5, 0.6) is 0 Å². The van der Waals surface area contributed by atoms with Crippen LogP contribution in [-0.2, 0) is 10.0 Å². The van der Waals surface area contributed by atoms with E-state index in [4.69, 9.17) is 11.6 Å². The Bertz CT molecular complexity index is 314. The molecule has 0 bridgehead atoms. The Morgan fingerprint density at radius 3 is 2.56 bits per heavy atom. The molecular formula is C11H22ClNO2S. The van der Waals surface area contributed by atoms with Crippen LogP contribution in [0.25, 0.3) is 0 Å². The minimum absolute atomic E-state index is 0.135. The minimum Gasteiger partial charge on any atom is -0.212 e. The molecule has 1 rings (SSSR count). The van der Waals surface area contributed by atoms with Crippen molar-refractivity contribution >= 4 is 21.6 Å². The van der Waals surface area contributed by atoms with Crippen LogP contribution in [0.1, 0.15) is 46.0 Å². The molecule has 0 aliphatic heterocycles. The van der Waals surface area contributed by atoms with Crippen LogP contribution >= 0.6 is 11.6 Å². The van der Waals surface area contributed by atoms with E-state index in [1.165, 1.54) is 0 Å². The SMILES string of the molecule is CC1(C)CCC(NS(=O)(=O)CCCCCl)C1. The van der Waals surface area contributed by atoms with Gasteiger partial charge in [-0.25, -0.2) is 13.1 Å². The second kappa shape index (κ2) is 5.69. The molecule has 5 heteroatoms. The summed E-state index contributed by atoms with van der Waals surface area (Å²) in [6.45, 7) is 4.38. The van der Waals surface area contributed by atoms with Gasteiger partial charge >= 0.3 is 0 Å². The average Bonchev–Trinajstić information content (AvgIpc) is 2.44. The zero-order valence-corrected chi connectivity index (χ0v) is 11.7. The first-order chi connectivity index (χ1) is 7.35. The van der Waals surface area contributed by atoms with Gasteiger partial charge in [0, 0.05) is 11.9 Å². The van der Waals surface area contributed by atoms with Crippen LogP contribution in [0.4, 0.5) is 0 Å². The largest absolute Gasteiger partial charge is 0.212 e. The molecule has 0 saturated heterocycles. The van der Waals surface area contributed by atoms with E-state index in [0.29, 0.717) is 12.3 Å². The zero-order valence-electron chi connectivity index (χ0n) is 10.1. The predicted molar refractivity (Wildman–Crippen MR) is 68.3 cm³/mol. The fraction of sp³-hybridized carbons (Fsp3) is 1.00. The Balaban J connectivity index is 2.36. The maximum atomic E-state index is 11.7. The Morgan fingerprint density at radius 2 is 2.06 bits per heavy atom. The molecule has 96 valence electrons. The summed E-state index contributed by atoms with van der Waals surface area (Å²) >= 11 is 5.52. The molecule has 1 atom stereocenters. The maximum absolute atomic E-state index is 11.7. The normalized spacial score (nSPS) is 24.8. The van der Waals surface area contributed by atoms with Crippen LogP contribution in [0.3, 0.4) is 0 Å². The number of hydrogen-bond donors (Lipinski definition) is 1. The van der Waals surface area contributed by atoms with Crippen molar-refractivity contribution in [2.75, 3.05) is 11.6 Å². The minimum atomic E-state index is -3.10.